The SMILES string of the molecule is COC(=O)[C@@H]1CC(C)(C)C[C@@H]2C1CC[C@]1(C)[C@@H]2C(=O)C=C2[C@@]3(C)Cc4cnoc4[C@](C)(C=O)[C@@H]3CC[C@]21C. The van der Waals surface area contributed by atoms with Crippen LogP contribution < -0.4 is 0 Å². The monoisotopic (exact) mass is 521 g/mol. The van der Waals surface area contributed by atoms with Crippen LogP contribution in [0, 0.1) is 51.2 Å². The molecular weight excluding hydrogens is 478 g/mol. The number of aldehydes is 1. The van der Waals surface area contributed by atoms with Crippen LogP contribution in [-0.2, 0) is 31.0 Å². The van der Waals surface area contributed by atoms with Crippen LogP contribution in [0.3, 0.4) is 0 Å². The first-order valence-corrected chi connectivity index (χ1v) is 14.5. The van der Waals surface area contributed by atoms with Crippen molar-refractivity contribution < 1.29 is 23.6 Å². The minimum absolute atomic E-state index is 0.0209. The molecule has 6 nitrogen and oxygen atoms in total. The number of fused-ring (bicyclic) bond motifs is 8. The summed E-state index contributed by atoms with van der Waals surface area (Å²) >= 11 is 0. The second-order valence-electron chi connectivity index (χ2n) is 15.0. The number of ketones is 1. The Bertz CT molecular complexity index is 1240. The van der Waals surface area contributed by atoms with E-state index in [4.69, 9.17) is 9.26 Å². The number of methoxy groups -OCH3 is 1. The number of esters is 1. The van der Waals surface area contributed by atoms with E-state index in [-0.39, 0.29) is 63.0 Å². The van der Waals surface area contributed by atoms with E-state index in [2.05, 4.69) is 39.8 Å². The number of rotatable bonds is 2. The van der Waals surface area contributed by atoms with Gasteiger partial charge in [0.1, 0.15) is 6.29 Å². The van der Waals surface area contributed by atoms with Crippen molar-refractivity contribution in [3.63, 3.8) is 0 Å². The Morgan fingerprint density at radius 3 is 2.50 bits per heavy atom. The van der Waals surface area contributed by atoms with Crippen molar-refractivity contribution in [2.24, 2.45) is 51.2 Å². The van der Waals surface area contributed by atoms with Crippen molar-refractivity contribution in [1.29, 1.82) is 0 Å². The number of hydrogen-bond donors (Lipinski definition) is 0. The zero-order valence-electron chi connectivity index (χ0n) is 24.1. The molecule has 0 bridgehead atoms. The van der Waals surface area contributed by atoms with Gasteiger partial charge in [0.05, 0.1) is 24.6 Å². The van der Waals surface area contributed by atoms with Gasteiger partial charge < -0.3 is 14.1 Å². The Morgan fingerprint density at radius 2 is 1.82 bits per heavy atom. The number of hydrogen-bond acceptors (Lipinski definition) is 6. The van der Waals surface area contributed by atoms with Crippen LogP contribution >= 0.6 is 0 Å². The molecule has 5 aliphatic carbocycles. The molecule has 3 saturated carbocycles. The van der Waals surface area contributed by atoms with Gasteiger partial charge in [-0.2, -0.15) is 0 Å². The molecule has 1 unspecified atom stereocenters. The maximum atomic E-state index is 14.4. The van der Waals surface area contributed by atoms with Gasteiger partial charge >= 0.3 is 5.97 Å². The molecule has 6 rings (SSSR count). The quantitative estimate of drug-likeness (QED) is 0.357. The molecular formula is C32H43NO5. The average Bonchev–Trinajstić information content (AvgIpc) is 3.32. The number of carbonyl (C=O) groups is 3. The molecule has 0 spiro atoms. The highest BCUT2D eigenvalue weighted by molar-refractivity contribution is 5.95. The first-order valence-electron chi connectivity index (χ1n) is 14.5. The first-order chi connectivity index (χ1) is 17.8. The second-order valence-corrected chi connectivity index (χ2v) is 15.0. The fraction of sp³-hybridized carbons (Fsp3) is 0.750. The van der Waals surface area contributed by atoms with E-state index in [9.17, 15) is 14.4 Å². The highest BCUT2D eigenvalue weighted by Gasteiger charge is 2.69. The van der Waals surface area contributed by atoms with E-state index in [1.54, 1.807) is 6.20 Å². The van der Waals surface area contributed by atoms with Crippen molar-refractivity contribution in [2.45, 2.75) is 91.9 Å². The molecule has 0 aliphatic heterocycles. The molecule has 1 aromatic rings. The predicted molar refractivity (Wildman–Crippen MR) is 142 cm³/mol. The van der Waals surface area contributed by atoms with Crippen LogP contribution in [-0.4, -0.2) is 30.3 Å². The fourth-order valence-corrected chi connectivity index (χ4v) is 10.9. The van der Waals surface area contributed by atoms with Crippen LogP contribution in [0.4, 0.5) is 0 Å². The van der Waals surface area contributed by atoms with Crippen molar-refractivity contribution in [1.82, 2.24) is 5.16 Å². The van der Waals surface area contributed by atoms with E-state index in [1.165, 1.54) is 12.7 Å². The second kappa shape index (κ2) is 7.91. The molecule has 6 heteroatoms. The van der Waals surface area contributed by atoms with Gasteiger partial charge in [0.15, 0.2) is 11.5 Å². The van der Waals surface area contributed by atoms with Gasteiger partial charge in [-0.15, -0.1) is 0 Å². The fourth-order valence-electron chi connectivity index (χ4n) is 10.9. The van der Waals surface area contributed by atoms with E-state index in [1.807, 2.05) is 13.0 Å². The van der Waals surface area contributed by atoms with Crippen molar-refractivity contribution >= 4 is 18.0 Å². The summed E-state index contributed by atoms with van der Waals surface area (Å²) in [6.07, 6.45) is 11.1. The Hall–Kier alpha value is -2.24. The van der Waals surface area contributed by atoms with Gasteiger partial charge in [0, 0.05) is 11.5 Å². The molecule has 38 heavy (non-hydrogen) atoms. The van der Waals surface area contributed by atoms with Gasteiger partial charge in [-0.25, -0.2) is 0 Å². The third kappa shape index (κ3) is 3.06. The third-order valence-electron chi connectivity index (χ3n) is 12.7. The normalized spacial score (nSPS) is 46.9. The minimum Gasteiger partial charge on any atom is -0.469 e. The number of aromatic nitrogens is 1. The summed E-state index contributed by atoms with van der Waals surface area (Å²) in [5.41, 5.74) is 0.729. The molecule has 0 N–H and O–H groups in total. The number of carbonyl (C=O) groups excluding carboxylic acids is 3. The zero-order valence-corrected chi connectivity index (χ0v) is 24.1. The molecule has 5 aliphatic rings. The van der Waals surface area contributed by atoms with E-state index < -0.39 is 5.41 Å². The highest BCUT2D eigenvalue weighted by Crippen LogP contribution is 2.73. The molecule has 206 valence electrons. The standard InChI is InChI=1S/C32H43NO5/c1-28(2)14-20-19(21(15-28)27(36)37-7)8-10-32(6)25(20)22(35)12-24-29(3)13-18-16-33-38-26(18)30(4,17-34)23(29)9-11-31(24,32)5/h12,16-17,19-21,23,25H,8-11,13-15H2,1-7H3/t19?,20-,21-,23-,25+,29+,30-,31-,32-/m1/s1. The van der Waals surface area contributed by atoms with Crippen LogP contribution in [0.25, 0.3) is 0 Å². The topological polar surface area (TPSA) is 86.5 Å². The molecule has 0 aromatic carbocycles. The van der Waals surface area contributed by atoms with Gasteiger partial charge in [0.25, 0.3) is 0 Å². The lowest BCUT2D eigenvalue weighted by atomic mass is 9.35. The van der Waals surface area contributed by atoms with Crippen LogP contribution in [0.5, 0.6) is 0 Å². The lowest BCUT2D eigenvalue weighted by Gasteiger charge is -2.68. The molecule has 1 heterocycles. The lowest BCUT2D eigenvalue weighted by molar-refractivity contribution is -0.172. The summed E-state index contributed by atoms with van der Waals surface area (Å²) < 4.78 is 10.9. The van der Waals surface area contributed by atoms with Crippen molar-refractivity contribution in [3.8, 4) is 0 Å². The van der Waals surface area contributed by atoms with Crippen LogP contribution in [0.15, 0.2) is 22.4 Å². The Morgan fingerprint density at radius 1 is 1.08 bits per heavy atom. The highest BCUT2D eigenvalue weighted by atomic mass is 16.5. The largest absolute Gasteiger partial charge is 0.469 e. The first kappa shape index (κ1) is 26.0. The maximum Gasteiger partial charge on any atom is 0.308 e. The summed E-state index contributed by atoms with van der Waals surface area (Å²) in [6.45, 7) is 13.5. The van der Waals surface area contributed by atoms with Crippen molar-refractivity contribution in [2.75, 3.05) is 7.11 Å². The zero-order chi connectivity index (χ0) is 27.5. The van der Waals surface area contributed by atoms with Gasteiger partial charge in [-0.3, -0.25) is 9.59 Å². The molecule has 0 radical (unpaired) electrons. The van der Waals surface area contributed by atoms with E-state index in [0.29, 0.717) is 5.76 Å². The molecule has 9 atom stereocenters. The minimum atomic E-state index is -0.763. The Labute approximate surface area is 226 Å². The molecule has 0 amide bonds. The van der Waals surface area contributed by atoms with Gasteiger partial charge in [-0.1, -0.05) is 45.3 Å². The summed E-state index contributed by atoms with van der Waals surface area (Å²) in [7, 11) is 1.49. The van der Waals surface area contributed by atoms with Crippen LogP contribution in [0.2, 0.25) is 0 Å². The van der Waals surface area contributed by atoms with Crippen LogP contribution in [0.1, 0.15) is 91.4 Å². The smallest absolute Gasteiger partial charge is 0.308 e. The summed E-state index contributed by atoms with van der Waals surface area (Å²) in [5, 5.41) is 4.08. The van der Waals surface area contributed by atoms with Gasteiger partial charge in [-0.05, 0) is 97.4 Å². The predicted octanol–water partition coefficient (Wildman–Crippen LogP) is 5.88. The summed E-state index contributed by atoms with van der Waals surface area (Å²) in [5.74, 6) is 0.973. The number of nitrogens with zero attached hydrogens (tertiary/aromatic N) is 1. The molecule has 3 fully saturated rings. The number of allylic oxidation sites excluding steroid dienone is 2. The Kier molecular flexibility index (Phi) is 5.42. The number of ether oxygens (including phenoxy) is 1. The lowest BCUT2D eigenvalue weighted by Crippen LogP contribution is -2.64. The Balaban J connectivity index is 1.48. The average molecular weight is 522 g/mol. The summed E-state index contributed by atoms with van der Waals surface area (Å²) in [4.78, 5) is 40.0. The maximum absolute atomic E-state index is 14.4. The van der Waals surface area contributed by atoms with Gasteiger partial charge in [0.2, 0.25) is 0 Å². The molecule has 1 aromatic heterocycles. The molecule has 0 saturated heterocycles. The van der Waals surface area contributed by atoms with E-state index >= 15 is 0 Å². The van der Waals surface area contributed by atoms with E-state index in [0.717, 1.165) is 56.8 Å². The summed E-state index contributed by atoms with van der Waals surface area (Å²) in [6, 6.07) is 0. The third-order valence-corrected chi connectivity index (χ3v) is 12.7. The van der Waals surface area contributed by atoms with Crippen molar-refractivity contribution in [3.05, 3.63) is 29.2 Å².